The Kier molecular flexibility index (Phi) is 3.60. The third kappa shape index (κ3) is 2.80. The minimum atomic E-state index is -0.433. The highest BCUT2D eigenvalue weighted by Crippen LogP contribution is 2.37. The monoisotopic (exact) mass is 338 g/mol. The maximum absolute atomic E-state index is 12.7. The summed E-state index contributed by atoms with van der Waals surface area (Å²) in [7, 11) is 0. The fourth-order valence-corrected chi connectivity index (χ4v) is 3.22. The molecule has 2 aromatic rings. The van der Waals surface area contributed by atoms with E-state index in [1.165, 1.54) is 0 Å². The Labute approximate surface area is 145 Å². The van der Waals surface area contributed by atoms with Gasteiger partial charge in [-0.3, -0.25) is 9.59 Å². The van der Waals surface area contributed by atoms with Crippen molar-refractivity contribution in [1.82, 2.24) is 10.2 Å². The molecule has 0 unspecified atom stereocenters. The quantitative estimate of drug-likeness (QED) is 0.930. The van der Waals surface area contributed by atoms with E-state index in [0.717, 1.165) is 0 Å². The predicted octanol–water partition coefficient (Wildman–Crippen LogP) is 2.06. The Bertz CT molecular complexity index is 829. The van der Waals surface area contributed by atoms with Crippen molar-refractivity contribution in [3.8, 4) is 11.5 Å². The molecule has 2 aliphatic rings. The summed E-state index contributed by atoms with van der Waals surface area (Å²) in [5.74, 6) is 0.835. The van der Waals surface area contributed by atoms with Crippen LogP contribution in [-0.4, -0.2) is 42.1 Å². The number of hydrogen-bond donors (Lipinski definition) is 1. The molecule has 6 nitrogen and oxygen atoms in total. The van der Waals surface area contributed by atoms with E-state index in [4.69, 9.17) is 9.47 Å². The molecule has 2 amide bonds. The van der Waals surface area contributed by atoms with E-state index >= 15 is 0 Å². The molecule has 2 heterocycles. The fraction of sp³-hybridized carbons (Fsp3) is 0.263. The van der Waals surface area contributed by atoms with Crippen LogP contribution in [0.4, 0.5) is 0 Å². The molecule has 0 radical (unpaired) electrons. The summed E-state index contributed by atoms with van der Waals surface area (Å²) in [5, 5.41) is 3.01. The van der Waals surface area contributed by atoms with Crippen molar-refractivity contribution in [2.75, 3.05) is 19.9 Å². The van der Waals surface area contributed by atoms with Crippen molar-refractivity contribution in [3.63, 3.8) is 0 Å². The molecule has 0 bridgehead atoms. The molecular weight excluding hydrogens is 320 g/mol. The van der Waals surface area contributed by atoms with Crippen molar-refractivity contribution < 1.29 is 19.1 Å². The van der Waals surface area contributed by atoms with Crippen LogP contribution in [0.1, 0.15) is 27.6 Å². The second kappa shape index (κ2) is 5.81. The number of amides is 2. The minimum Gasteiger partial charge on any atom is -0.454 e. The average molecular weight is 338 g/mol. The van der Waals surface area contributed by atoms with Crippen molar-refractivity contribution in [3.05, 3.63) is 59.7 Å². The van der Waals surface area contributed by atoms with Gasteiger partial charge in [0.05, 0.1) is 11.1 Å². The van der Waals surface area contributed by atoms with E-state index in [1.54, 1.807) is 35.2 Å². The molecule has 1 saturated heterocycles. The zero-order valence-electron chi connectivity index (χ0n) is 13.8. The van der Waals surface area contributed by atoms with Gasteiger partial charge >= 0.3 is 0 Å². The number of fused-ring (bicyclic) bond motifs is 1. The Hall–Kier alpha value is -3.02. The summed E-state index contributed by atoms with van der Waals surface area (Å²) < 4.78 is 10.7. The Morgan fingerprint density at radius 3 is 2.56 bits per heavy atom. The molecule has 25 heavy (non-hydrogen) atoms. The molecule has 0 aliphatic carbocycles. The van der Waals surface area contributed by atoms with Crippen LogP contribution < -0.4 is 14.8 Å². The third-order valence-corrected chi connectivity index (χ3v) is 4.45. The van der Waals surface area contributed by atoms with Crippen LogP contribution in [0, 0.1) is 0 Å². The first-order chi connectivity index (χ1) is 12.1. The summed E-state index contributed by atoms with van der Waals surface area (Å²) >= 11 is 0. The van der Waals surface area contributed by atoms with Gasteiger partial charge in [-0.05, 0) is 31.2 Å². The molecule has 1 fully saturated rings. The van der Waals surface area contributed by atoms with Crippen LogP contribution in [0.3, 0.4) is 0 Å². The van der Waals surface area contributed by atoms with Gasteiger partial charge < -0.3 is 19.7 Å². The van der Waals surface area contributed by atoms with Gasteiger partial charge in [0.25, 0.3) is 11.8 Å². The third-order valence-electron chi connectivity index (χ3n) is 4.45. The highest BCUT2D eigenvalue weighted by atomic mass is 16.7. The normalized spacial score (nSPS) is 16.9. The SMILES string of the molecule is CC1(NC(=O)c2ccccc2)CN(C(=O)c2cccc3c2OCO3)C1. The van der Waals surface area contributed by atoms with E-state index < -0.39 is 5.54 Å². The van der Waals surface area contributed by atoms with Crippen LogP contribution >= 0.6 is 0 Å². The molecule has 0 spiro atoms. The summed E-state index contributed by atoms with van der Waals surface area (Å²) in [6.07, 6.45) is 0. The molecule has 0 aromatic heterocycles. The van der Waals surface area contributed by atoms with Gasteiger partial charge in [0.1, 0.15) is 0 Å². The van der Waals surface area contributed by atoms with Crippen molar-refractivity contribution in [2.24, 2.45) is 0 Å². The Balaban J connectivity index is 1.42. The number of rotatable bonds is 3. The number of nitrogens with zero attached hydrogens (tertiary/aromatic N) is 1. The lowest BCUT2D eigenvalue weighted by Gasteiger charge is -2.48. The number of hydrogen-bond acceptors (Lipinski definition) is 4. The number of likely N-dealkylation sites (tertiary alicyclic amines) is 1. The van der Waals surface area contributed by atoms with Gasteiger partial charge in [-0.25, -0.2) is 0 Å². The van der Waals surface area contributed by atoms with Gasteiger partial charge in [0.2, 0.25) is 6.79 Å². The highest BCUT2D eigenvalue weighted by molar-refractivity contribution is 5.99. The number of nitrogens with one attached hydrogen (secondary N) is 1. The highest BCUT2D eigenvalue weighted by Gasteiger charge is 2.43. The first-order valence-electron chi connectivity index (χ1n) is 8.11. The molecule has 2 aliphatic heterocycles. The second-order valence-electron chi connectivity index (χ2n) is 6.58. The standard InChI is InChI=1S/C19H18N2O4/c1-19(20-17(22)13-6-3-2-4-7-13)10-21(11-19)18(23)14-8-5-9-15-16(14)25-12-24-15/h2-9H,10-12H2,1H3,(H,20,22). The molecule has 128 valence electrons. The summed E-state index contributed by atoms with van der Waals surface area (Å²) in [4.78, 5) is 26.7. The van der Waals surface area contributed by atoms with E-state index in [2.05, 4.69) is 5.32 Å². The lowest BCUT2D eigenvalue weighted by Crippen LogP contribution is -2.69. The molecule has 2 aromatic carbocycles. The maximum atomic E-state index is 12.7. The molecular formula is C19H18N2O4. The van der Waals surface area contributed by atoms with E-state index in [-0.39, 0.29) is 18.6 Å². The van der Waals surface area contributed by atoms with Crippen molar-refractivity contribution >= 4 is 11.8 Å². The zero-order chi connectivity index (χ0) is 17.4. The van der Waals surface area contributed by atoms with E-state index in [9.17, 15) is 9.59 Å². The summed E-state index contributed by atoms with van der Waals surface area (Å²) in [5.41, 5.74) is 0.670. The summed E-state index contributed by atoms with van der Waals surface area (Å²) in [6, 6.07) is 14.3. The number of ether oxygens (including phenoxy) is 2. The van der Waals surface area contributed by atoms with Crippen LogP contribution in [0.5, 0.6) is 11.5 Å². The van der Waals surface area contributed by atoms with Crippen molar-refractivity contribution in [2.45, 2.75) is 12.5 Å². The fourth-order valence-electron chi connectivity index (χ4n) is 3.22. The number of benzene rings is 2. The van der Waals surface area contributed by atoms with Gasteiger partial charge in [0.15, 0.2) is 11.5 Å². The smallest absolute Gasteiger partial charge is 0.257 e. The number of carbonyl (C=O) groups is 2. The molecule has 0 atom stereocenters. The lowest BCUT2D eigenvalue weighted by atomic mass is 9.90. The average Bonchev–Trinajstić information content (AvgIpc) is 3.08. The lowest BCUT2D eigenvalue weighted by molar-refractivity contribution is 0.0328. The second-order valence-corrected chi connectivity index (χ2v) is 6.58. The number of para-hydroxylation sites is 1. The van der Waals surface area contributed by atoms with Crippen LogP contribution in [0.15, 0.2) is 48.5 Å². The minimum absolute atomic E-state index is 0.117. The molecule has 4 rings (SSSR count). The predicted molar refractivity (Wildman–Crippen MR) is 90.8 cm³/mol. The maximum Gasteiger partial charge on any atom is 0.257 e. The van der Waals surface area contributed by atoms with Crippen molar-refractivity contribution in [1.29, 1.82) is 0 Å². The van der Waals surface area contributed by atoms with Crippen LogP contribution in [-0.2, 0) is 0 Å². The molecule has 6 heteroatoms. The Morgan fingerprint density at radius 2 is 1.80 bits per heavy atom. The van der Waals surface area contributed by atoms with Gasteiger partial charge in [-0.15, -0.1) is 0 Å². The molecule has 1 N–H and O–H groups in total. The van der Waals surface area contributed by atoms with Crippen LogP contribution in [0.2, 0.25) is 0 Å². The van der Waals surface area contributed by atoms with Gasteiger partial charge in [-0.2, -0.15) is 0 Å². The summed E-state index contributed by atoms with van der Waals surface area (Å²) in [6.45, 7) is 2.97. The van der Waals surface area contributed by atoms with E-state index in [1.807, 2.05) is 25.1 Å². The largest absolute Gasteiger partial charge is 0.454 e. The van der Waals surface area contributed by atoms with E-state index in [0.29, 0.717) is 35.7 Å². The Morgan fingerprint density at radius 1 is 1.04 bits per heavy atom. The topological polar surface area (TPSA) is 67.9 Å². The molecule has 0 saturated carbocycles. The van der Waals surface area contributed by atoms with Crippen LogP contribution in [0.25, 0.3) is 0 Å². The zero-order valence-corrected chi connectivity index (χ0v) is 13.8. The first-order valence-corrected chi connectivity index (χ1v) is 8.11. The van der Waals surface area contributed by atoms with Gasteiger partial charge in [0, 0.05) is 18.7 Å². The van der Waals surface area contributed by atoms with Gasteiger partial charge in [-0.1, -0.05) is 24.3 Å². The first kappa shape index (κ1) is 15.5. The number of carbonyl (C=O) groups excluding carboxylic acids is 2.